The molecule has 0 aliphatic carbocycles. The third-order valence-corrected chi connectivity index (χ3v) is 4.43. The fourth-order valence-electron chi connectivity index (χ4n) is 3.13. The molecule has 20 heavy (non-hydrogen) atoms. The van der Waals surface area contributed by atoms with Crippen LogP contribution in [-0.2, 0) is 13.1 Å². The Hall–Kier alpha value is -1.04. The molecule has 5 heteroatoms. The van der Waals surface area contributed by atoms with Crippen molar-refractivity contribution in [1.82, 2.24) is 25.1 Å². The van der Waals surface area contributed by atoms with Gasteiger partial charge in [-0.3, -0.25) is 4.90 Å². The van der Waals surface area contributed by atoms with E-state index < -0.39 is 0 Å². The van der Waals surface area contributed by atoms with Crippen LogP contribution in [0.4, 0.5) is 0 Å². The summed E-state index contributed by atoms with van der Waals surface area (Å²) in [6, 6.07) is 0.317. The molecule has 3 heterocycles. The van der Waals surface area contributed by atoms with Gasteiger partial charge in [-0.15, -0.1) is 0 Å². The van der Waals surface area contributed by atoms with Crippen molar-refractivity contribution in [2.24, 2.45) is 0 Å². The van der Waals surface area contributed by atoms with E-state index in [0.29, 0.717) is 12.0 Å². The second-order valence-electron chi connectivity index (χ2n) is 6.41. The van der Waals surface area contributed by atoms with Crippen LogP contribution < -0.4 is 5.32 Å². The van der Waals surface area contributed by atoms with Gasteiger partial charge >= 0.3 is 0 Å². The number of nitrogens with one attached hydrogen (secondary N) is 1. The number of piperazine rings is 1. The summed E-state index contributed by atoms with van der Waals surface area (Å²) in [6.07, 6.45) is 0. The van der Waals surface area contributed by atoms with Crippen LogP contribution in [0.25, 0.3) is 0 Å². The monoisotopic (exact) mass is 275 g/mol. The maximum atomic E-state index is 4.93. The number of nitrogens with zero attached hydrogens (tertiary/aromatic N) is 4. The van der Waals surface area contributed by atoms with Gasteiger partial charge < -0.3 is 10.2 Å². The second kappa shape index (κ2) is 5.39. The average Bonchev–Trinajstić information content (AvgIpc) is 2.88. The van der Waals surface area contributed by atoms with Gasteiger partial charge in [0.25, 0.3) is 0 Å². The molecule has 0 saturated carbocycles. The number of aromatic nitrogens is 2. The van der Waals surface area contributed by atoms with Crippen molar-refractivity contribution in [2.75, 3.05) is 33.7 Å². The Kier molecular flexibility index (Phi) is 3.75. The Morgan fingerprint density at radius 1 is 1.15 bits per heavy atom. The smallest absolute Gasteiger partial charge is 0.147 e. The molecule has 1 saturated heterocycles. The van der Waals surface area contributed by atoms with Crippen LogP contribution in [-0.4, -0.2) is 53.5 Å². The highest BCUT2D eigenvalue weighted by atomic mass is 15.3. The van der Waals surface area contributed by atoms with E-state index in [-0.39, 0.29) is 0 Å². The maximum absolute atomic E-state index is 4.93. The lowest BCUT2D eigenvalue weighted by Gasteiger charge is -2.37. The predicted octanol–water partition coefficient (Wildman–Crippen LogP) is 1.12. The van der Waals surface area contributed by atoms with Gasteiger partial charge in [-0.1, -0.05) is 13.8 Å². The lowest BCUT2D eigenvalue weighted by molar-refractivity contribution is 0.109. The van der Waals surface area contributed by atoms with Crippen molar-refractivity contribution < 1.29 is 0 Å². The molecule has 1 N–H and O–H groups in total. The van der Waals surface area contributed by atoms with Crippen molar-refractivity contribution in [3.05, 3.63) is 22.8 Å². The van der Waals surface area contributed by atoms with Crippen LogP contribution in [0.3, 0.4) is 0 Å². The third-order valence-electron chi connectivity index (χ3n) is 4.43. The maximum Gasteiger partial charge on any atom is 0.147 e. The number of rotatable bonds is 2. The Labute approximate surface area is 121 Å². The summed E-state index contributed by atoms with van der Waals surface area (Å²) in [4.78, 5) is 14.5. The summed E-state index contributed by atoms with van der Waals surface area (Å²) in [7, 11) is 4.36. The predicted molar refractivity (Wildman–Crippen MR) is 79.5 cm³/mol. The molecule has 0 bridgehead atoms. The average molecular weight is 275 g/mol. The molecule has 0 radical (unpaired) electrons. The van der Waals surface area contributed by atoms with Crippen molar-refractivity contribution in [1.29, 1.82) is 0 Å². The zero-order valence-electron chi connectivity index (χ0n) is 13.0. The van der Waals surface area contributed by atoms with E-state index in [1.807, 2.05) is 0 Å². The van der Waals surface area contributed by atoms with Crippen LogP contribution in [0.5, 0.6) is 0 Å². The van der Waals surface area contributed by atoms with Gasteiger partial charge in [0.1, 0.15) is 5.82 Å². The standard InChI is InChI=1S/C15H25N5/c1-10(2)14-11-7-16-8-12(11)17-15(18-14)13-9-19(3)5-6-20(13)4/h10,13,16H,5-9H2,1-4H3. The summed E-state index contributed by atoms with van der Waals surface area (Å²) in [5.74, 6) is 1.46. The molecule has 0 amide bonds. The summed E-state index contributed by atoms with van der Waals surface area (Å²) < 4.78 is 0. The molecular formula is C15H25N5. The van der Waals surface area contributed by atoms with Crippen LogP contribution in [0.2, 0.25) is 0 Å². The van der Waals surface area contributed by atoms with Gasteiger partial charge in [-0.05, 0) is 20.0 Å². The quantitative estimate of drug-likeness (QED) is 0.876. The minimum Gasteiger partial charge on any atom is -0.307 e. The molecule has 5 nitrogen and oxygen atoms in total. The molecule has 1 unspecified atom stereocenters. The zero-order chi connectivity index (χ0) is 14.3. The fraction of sp³-hybridized carbons (Fsp3) is 0.733. The SMILES string of the molecule is CC(C)c1nc(C2CN(C)CCN2C)nc2c1CNC2. The van der Waals surface area contributed by atoms with E-state index in [9.17, 15) is 0 Å². The normalized spacial score (nSPS) is 24.4. The van der Waals surface area contributed by atoms with E-state index in [4.69, 9.17) is 9.97 Å². The molecule has 0 spiro atoms. The van der Waals surface area contributed by atoms with Crippen molar-refractivity contribution in [3.8, 4) is 0 Å². The molecule has 1 fully saturated rings. The van der Waals surface area contributed by atoms with E-state index >= 15 is 0 Å². The van der Waals surface area contributed by atoms with Gasteiger partial charge in [0.15, 0.2) is 0 Å². The van der Waals surface area contributed by atoms with Crippen LogP contribution in [0.1, 0.15) is 48.6 Å². The molecule has 2 aliphatic heterocycles. The molecular weight excluding hydrogens is 250 g/mol. The Bertz CT molecular complexity index is 499. The minimum absolute atomic E-state index is 0.317. The van der Waals surface area contributed by atoms with Crippen molar-refractivity contribution in [2.45, 2.75) is 38.9 Å². The van der Waals surface area contributed by atoms with Gasteiger partial charge in [0, 0.05) is 38.3 Å². The topological polar surface area (TPSA) is 44.3 Å². The fourth-order valence-corrected chi connectivity index (χ4v) is 3.13. The summed E-state index contributed by atoms with van der Waals surface area (Å²) in [5, 5.41) is 3.41. The van der Waals surface area contributed by atoms with Gasteiger partial charge in [-0.2, -0.15) is 0 Å². The highest BCUT2D eigenvalue weighted by molar-refractivity contribution is 5.31. The lowest BCUT2D eigenvalue weighted by atomic mass is 10.0. The second-order valence-corrected chi connectivity index (χ2v) is 6.41. The van der Waals surface area contributed by atoms with Crippen LogP contribution in [0.15, 0.2) is 0 Å². The highest BCUT2D eigenvalue weighted by Crippen LogP contribution is 2.27. The molecule has 2 aliphatic rings. The van der Waals surface area contributed by atoms with Crippen LogP contribution >= 0.6 is 0 Å². The first-order valence-electron chi connectivity index (χ1n) is 7.55. The molecule has 110 valence electrons. The first kappa shape index (κ1) is 13.9. The highest BCUT2D eigenvalue weighted by Gasteiger charge is 2.29. The summed E-state index contributed by atoms with van der Waals surface area (Å²) in [6.45, 7) is 9.47. The molecule has 1 atom stereocenters. The van der Waals surface area contributed by atoms with Gasteiger partial charge in [0.05, 0.1) is 17.4 Å². The van der Waals surface area contributed by atoms with Gasteiger partial charge in [-0.25, -0.2) is 9.97 Å². The van der Waals surface area contributed by atoms with E-state index in [0.717, 1.165) is 38.5 Å². The molecule has 0 aromatic carbocycles. The number of hydrogen-bond donors (Lipinski definition) is 1. The summed E-state index contributed by atoms with van der Waals surface area (Å²) >= 11 is 0. The third kappa shape index (κ3) is 2.45. The largest absolute Gasteiger partial charge is 0.307 e. The Morgan fingerprint density at radius 3 is 2.70 bits per heavy atom. The Morgan fingerprint density at radius 2 is 1.95 bits per heavy atom. The van der Waals surface area contributed by atoms with E-state index in [1.165, 1.54) is 17.0 Å². The van der Waals surface area contributed by atoms with Crippen molar-refractivity contribution in [3.63, 3.8) is 0 Å². The number of fused-ring (bicyclic) bond motifs is 1. The molecule has 1 aromatic heterocycles. The summed E-state index contributed by atoms with van der Waals surface area (Å²) in [5.41, 5.74) is 3.77. The molecule has 1 aromatic rings. The lowest BCUT2D eigenvalue weighted by Crippen LogP contribution is -2.45. The first-order valence-corrected chi connectivity index (χ1v) is 7.55. The minimum atomic E-state index is 0.317. The first-order chi connectivity index (χ1) is 9.56. The van der Waals surface area contributed by atoms with E-state index in [1.54, 1.807) is 0 Å². The zero-order valence-corrected chi connectivity index (χ0v) is 13.0. The van der Waals surface area contributed by atoms with E-state index in [2.05, 4.69) is 43.1 Å². The number of hydrogen-bond acceptors (Lipinski definition) is 5. The van der Waals surface area contributed by atoms with Gasteiger partial charge in [0.2, 0.25) is 0 Å². The number of likely N-dealkylation sites (N-methyl/N-ethyl adjacent to an activating group) is 2. The Balaban J connectivity index is 1.99. The van der Waals surface area contributed by atoms with Crippen molar-refractivity contribution >= 4 is 0 Å². The molecule has 3 rings (SSSR count). The van der Waals surface area contributed by atoms with Crippen LogP contribution in [0, 0.1) is 0 Å².